The summed E-state index contributed by atoms with van der Waals surface area (Å²) in [5.74, 6) is 0.871. The first-order valence-electron chi connectivity index (χ1n) is 5.26. The van der Waals surface area contributed by atoms with E-state index in [0.717, 1.165) is 12.2 Å². The van der Waals surface area contributed by atoms with Gasteiger partial charge in [0.2, 0.25) is 0 Å². The molecule has 0 aliphatic rings. The molecule has 15 heavy (non-hydrogen) atoms. The summed E-state index contributed by atoms with van der Waals surface area (Å²) in [6, 6.07) is 7.90. The van der Waals surface area contributed by atoms with Gasteiger partial charge in [-0.2, -0.15) is 0 Å². The van der Waals surface area contributed by atoms with Gasteiger partial charge >= 0.3 is 0 Å². The second-order valence-electron chi connectivity index (χ2n) is 3.47. The van der Waals surface area contributed by atoms with Gasteiger partial charge in [-0.15, -0.1) is 0 Å². The summed E-state index contributed by atoms with van der Waals surface area (Å²) in [7, 11) is 0. The van der Waals surface area contributed by atoms with Gasteiger partial charge in [-0.25, -0.2) is 0 Å². The average molecular weight is 206 g/mol. The minimum Gasteiger partial charge on any atom is -0.483 e. The number of nitrogens with one attached hydrogen (secondary N) is 1. The molecule has 0 saturated heterocycles. The highest BCUT2D eigenvalue weighted by Gasteiger charge is 2.10. The van der Waals surface area contributed by atoms with E-state index in [2.05, 4.69) is 13.0 Å². The number of hydrogen-bond acceptors (Lipinski definition) is 2. The molecule has 3 nitrogen and oxygen atoms in total. The maximum absolute atomic E-state index is 7.35. The topological polar surface area (TPSA) is 59.1 Å². The summed E-state index contributed by atoms with van der Waals surface area (Å²) in [4.78, 5) is 0. The molecule has 1 unspecified atom stereocenters. The maximum atomic E-state index is 7.35. The highest BCUT2D eigenvalue weighted by atomic mass is 16.5. The van der Waals surface area contributed by atoms with E-state index >= 15 is 0 Å². The molecule has 1 rings (SSSR count). The fraction of sp³-hybridized carbons (Fsp3) is 0.417. The highest BCUT2D eigenvalue weighted by molar-refractivity contribution is 5.81. The molecule has 0 amide bonds. The summed E-state index contributed by atoms with van der Waals surface area (Å²) >= 11 is 0. The van der Waals surface area contributed by atoms with Crippen LogP contribution in [0.4, 0.5) is 0 Å². The van der Waals surface area contributed by atoms with E-state index in [0.29, 0.717) is 6.42 Å². The number of hydrogen-bond donors (Lipinski definition) is 2. The number of aryl methyl sites for hydroxylation is 1. The predicted octanol–water partition coefficient (Wildman–Crippen LogP) is 2.34. The van der Waals surface area contributed by atoms with Gasteiger partial charge in [-0.3, -0.25) is 5.41 Å². The van der Waals surface area contributed by atoms with Crippen LogP contribution in [0, 0.1) is 5.41 Å². The zero-order chi connectivity index (χ0) is 11.3. The van der Waals surface area contributed by atoms with Crippen LogP contribution in [0.25, 0.3) is 0 Å². The molecule has 1 aromatic carbocycles. The van der Waals surface area contributed by atoms with Gasteiger partial charge in [0.1, 0.15) is 11.6 Å². The minimum atomic E-state index is -0.308. The third kappa shape index (κ3) is 3.27. The zero-order valence-electron chi connectivity index (χ0n) is 9.29. The molecule has 0 fully saturated rings. The van der Waals surface area contributed by atoms with Crippen molar-refractivity contribution in [2.75, 3.05) is 0 Å². The third-order valence-corrected chi connectivity index (χ3v) is 2.30. The molecule has 1 aromatic rings. The summed E-state index contributed by atoms with van der Waals surface area (Å²) in [6.07, 6.45) is 1.39. The summed E-state index contributed by atoms with van der Waals surface area (Å²) in [6.45, 7) is 4.05. The van der Waals surface area contributed by atoms with Crippen molar-refractivity contribution in [3.63, 3.8) is 0 Å². The Morgan fingerprint density at radius 1 is 1.47 bits per heavy atom. The minimum absolute atomic E-state index is 0.0828. The van der Waals surface area contributed by atoms with Crippen LogP contribution in [-0.2, 0) is 6.42 Å². The van der Waals surface area contributed by atoms with Crippen LogP contribution in [0.2, 0.25) is 0 Å². The van der Waals surface area contributed by atoms with E-state index in [1.54, 1.807) is 0 Å². The van der Waals surface area contributed by atoms with Crippen molar-refractivity contribution in [3.05, 3.63) is 29.8 Å². The van der Waals surface area contributed by atoms with Crippen molar-refractivity contribution >= 4 is 5.84 Å². The largest absolute Gasteiger partial charge is 0.483 e. The normalized spacial score (nSPS) is 12.1. The van der Waals surface area contributed by atoms with E-state index in [-0.39, 0.29) is 11.9 Å². The fourth-order valence-electron chi connectivity index (χ4n) is 1.37. The summed E-state index contributed by atoms with van der Waals surface area (Å²) < 4.78 is 5.62. The lowest BCUT2D eigenvalue weighted by molar-refractivity contribution is 0.260. The van der Waals surface area contributed by atoms with Crippen molar-refractivity contribution in [1.29, 1.82) is 5.41 Å². The van der Waals surface area contributed by atoms with E-state index < -0.39 is 0 Å². The third-order valence-electron chi connectivity index (χ3n) is 2.30. The molecule has 0 spiro atoms. The van der Waals surface area contributed by atoms with Crippen LogP contribution < -0.4 is 10.5 Å². The Bertz CT molecular complexity index is 336. The first kappa shape index (κ1) is 11.6. The molecular weight excluding hydrogens is 188 g/mol. The Balaban J connectivity index is 2.74. The SMILES string of the molecule is CCc1cccc(OC(CC)C(=N)N)c1. The highest BCUT2D eigenvalue weighted by Crippen LogP contribution is 2.16. The number of rotatable bonds is 5. The molecule has 0 aliphatic heterocycles. The van der Waals surface area contributed by atoms with Crippen molar-refractivity contribution in [3.8, 4) is 5.75 Å². The van der Waals surface area contributed by atoms with Crippen LogP contribution in [0.1, 0.15) is 25.8 Å². The lowest BCUT2D eigenvalue weighted by atomic mass is 10.1. The van der Waals surface area contributed by atoms with Gasteiger partial charge in [-0.1, -0.05) is 26.0 Å². The zero-order valence-corrected chi connectivity index (χ0v) is 9.29. The quantitative estimate of drug-likeness (QED) is 0.574. The molecular formula is C12H18N2O. The van der Waals surface area contributed by atoms with Crippen LogP contribution in [0.15, 0.2) is 24.3 Å². The van der Waals surface area contributed by atoms with E-state index in [1.807, 2.05) is 25.1 Å². The van der Waals surface area contributed by atoms with E-state index in [1.165, 1.54) is 5.56 Å². The Morgan fingerprint density at radius 2 is 2.20 bits per heavy atom. The first-order chi connectivity index (χ1) is 7.17. The van der Waals surface area contributed by atoms with Crippen molar-refractivity contribution < 1.29 is 4.74 Å². The van der Waals surface area contributed by atoms with Crippen LogP contribution in [0.3, 0.4) is 0 Å². The second kappa shape index (κ2) is 5.39. The number of benzene rings is 1. The Morgan fingerprint density at radius 3 is 2.73 bits per heavy atom. The van der Waals surface area contributed by atoms with Crippen molar-refractivity contribution in [2.24, 2.45) is 5.73 Å². The second-order valence-corrected chi connectivity index (χ2v) is 3.47. The molecule has 1 atom stereocenters. The van der Waals surface area contributed by atoms with Crippen molar-refractivity contribution in [1.82, 2.24) is 0 Å². The molecule has 82 valence electrons. The van der Waals surface area contributed by atoms with Crippen LogP contribution >= 0.6 is 0 Å². The van der Waals surface area contributed by atoms with Gasteiger partial charge < -0.3 is 10.5 Å². The van der Waals surface area contributed by atoms with Gasteiger partial charge in [0, 0.05) is 0 Å². The standard InChI is InChI=1S/C12H18N2O/c1-3-9-6-5-7-10(8-9)15-11(4-2)12(13)14/h5-8,11H,3-4H2,1-2H3,(H3,13,14). The monoisotopic (exact) mass is 206 g/mol. The number of nitrogens with two attached hydrogens (primary N) is 1. The summed E-state index contributed by atoms with van der Waals surface area (Å²) in [5.41, 5.74) is 6.65. The maximum Gasteiger partial charge on any atom is 0.155 e. The lowest BCUT2D eigenvalue weighted by Crippen LogP contribution is -2.32. The number of ether oxygens (including phenoxy) is 1. The van der Waals surface area contributed by atoms with Gasteiger partial charge in [0.15, 0.2) is 6.10 Å². The fourth-order valence-corrected chi connectivity index (χ4v) is 1.37. The molecule has 0 radical (unpaired) electrons. The lowest BCUT2D eigenvalue weighted by Gasteiger charge is -2.16. The Hall–Kier alpha value is -1.51. The predicted molar refractivity (Wildman–Crippen MR) is 62.4 cm³/mol. The molecule has 0 aliphatic carbocycles. The van der Waals surface area contributed by atoms with Gasteiger partial charge in [0.05, 0.1) is 0 Å². The molecule has 0 aromatic heterocycles. The Labute approximate surface area is 90.8 Å². The smallest absolute Gasteiger partial charge is 0.155 e. The average Bonchev–Trinajstić information content (AvgIpc) is 2.25. The van der Waals surface area contributed by atoms with Gasteiger partial charge in [0.25, 0.3) is 0 Å². The first-order valence-corrected chi connectivity index (χ1v) is 5.26. The molecule has 3 N–H and O–H groups in total. The van der Waals surface area contributed by atoms with Crippen molar-refractivity contribution in [2.45, 2.75) is 32.8 Å². The molecule has 3 heteroatoms. The van der Waals surface area contributed by atoms with Gasteiger partial charge in [-0.05, 0) is 30.5 Å². The van der Waals surface area contributed by atoms with Crippen LogP contribution in [-0.4, -0.2) is 11.9 Å². The Kier molecular flexibility index (Phi) is 4.16. The summed E-state index contributed by atoms with van der Waals surface area (Å²) in [5, 5.41) is 7.35. The molecule has 0 saturated carbocycles. The molecule has 0 heterocycles. The van der Waals surface area contributed by atoms with E-state index in [4.69, 9.17) is 15.9 Å². The number of amidine groups is 1. The van der Waals surface area contributed by atoms with E-state index in [9.17, 15) is 0 Å². The van der Waals surface area contributed by atoms with Crippen LogP contribution in [0.5, 0.6) is 5.75 Å². The molecule has 0 bridgehead atoms.